The van der Waals surface area contributed by atoms with E-state index in [2.05, 4.69) is 20.4 Å². The Labute approximate surface area is 239 Å². The van der Waals surface area contributed by atoms with Crippen LogP contribution >= 0.6 is 11.8 Å². The lowest BCUT2D eigenvalue weighted by atomic mass is 10.1. The molecule has 1 N–H and O–H groups in total. The Bertz CT molecular complexity index is 1530. The number of nitro groups is 1. The molecule has 210 valence electrons. The number of amides is 2. The van der Waals surface area contributed by atoms with E-state index in [0.717, 1.165) is 17.4 Å². The highest BCUT2D eigenvalue weighted by atomic mass is 32.2. The number of nitrogens with one attached hydrogen (secondary N) is 1. The zero-order chi connectivity index (χ0) is 28.8. The number of nitro benzene ring substituents is 1. The summed E-state index contributed by atoms with van der Waals surface area (Å²) in [5.41, 5.74) is 2.79. The largest absolute Gasteiger partial charge is 0.497 e. The molecule has 1 aliphatic rings. The smallest absolute Gasteiger partial charge is 0.277 e. The Morgan fingerprint density at radius 3 is 2.44 bits per heavy atom. The molecule has 1 aromatic heterocycles. The summed E-state index contributed by atoms with van der Waals surface area (Å²) in [5, 5.41) is 21.7. The lowest BCUT2D eigenvalue weighted by molar-refractivity contribution is -0.384. The Kier molecular flexibility index (Phi) is 8.44. The molecule has 0 bridgehead atoms. The second kappa shape index (κ2) is 12.5. The minimum atomic E-state index is -0.485. The van der Waals surface area contributed by atoms with Crippen molar-refractivity contribution in [3.8, 4) is 17.2 Å². The SMILES string of the molecule is COc1cccc(C(=O)N2CCN(c3ccc(NC(=O)CSc4nnc(-c5ccc([N+](=O)[O-])cc5)o4)cc3)CC2)c1. The summed E-state index contributed by atoms with van der Waals surface area (Å²) < 4.78 is 10.8. The number of anilines is 2. The quantitative estimate of drug-likeness (QED) is 0.174. The molecule has 0 unspecified atom stereocenters. The topological polar surface area (TPSA) is 144 Å². The number of non-ortho nitro benzene ring substituents is 1. The third kappa shape index (κ3) is 6.81. The maximum Gasteiger partial charge on any atom is 0.277 e. The van der Waals surface area contributed by atoms with Crippen LogP contribution in [0.1, 0.15) is 10.4 Å². The summed E-state index contributed by atoms with van der Waals surface area (Å²) in [6, 6.07) is 20.5. The van der Waals surface area contributed by atoms with E-state index in [1.807, 2.05) is 41.3 Å². The van der Waals surface area contributed by atoms with Crippen LogP contribution in [0.15, 0.2) is 82.4 Å². The molecule has 0 aliphatic carbocycles. The van der Waals surface area contributed by atoms with E-state index in [0.29, 0.717) is 48.7 Å². The van der Waals surface area contributed by atoms with Crippen LogP contribution in [0.25, 0.3) is 11.5 Å². The van der Waals surface area contributed by atoms with Crippen LogP contribution in [0.2, 0.25) is 0 Å². The number of aromatic nitrogens is 2. The van der Waals surface area contributed by atoms with Crippen molar-refractivity contribution in [2.75, 3.05) is 49.3 Å². The zero-order valence-electron chi connectivity index (χ0n) is 22.1. The number of methoxy groups -OCH3 is 1. The summed E-state index contributed by atoms with van der Waals surface area (Å²) >= 11 is 1.09. The Morgan fingerprint density at radius 2 is 1.76 bits per heavy atom. The lowest BCUT2D eigenvalue weighted by Gasteiger charge is -2.36. The van der Waals surface area contributed by atoms with E-state index in [4.69, 9.17) is 9.15 Å². The molecule has 0 radical (unpaired) electrons. The van der Waals surface area contributed by atoms with Crippen LogP contribution in [-0.4, -0.2) is 70.9 Å². The maximum absolute atomic E-state index is 12.9. The van der Waals surface area contributed by atoms with Crippen molar-refractivity contribution in [1.29, 1.82) is 0 Å². The summed E-state index contributed by atoms with van der Waals surface area (Å²) in [6.45, 7) is 2.61. The first kappa shape index (κ1) is 27.6. The molecule has 2 heterocycles. The van der Waals surface area contributed by atoms with Gasteiger partial charge in [0.1, 0.15) is 5.75 Å². The molecule has 0 saturated carbocycles. The van der Waals surface area contributed by atoms with Gasteiger partial charge in [0.2, 0.25) is 11.8 Å². The van der Waals surface area contributed by atoms with Gasteiger partial charge in [-0.3, -0.25) is 19.7 Å². The summed E-state index contributed by atoms with van der Waals surface area (Å²) in [4.78, 5) is 39.7. The van der Waals surface area contributed by atoms with Gasteiger partial charge in [-0.25, -0.2) is 0 Å². The number of ether oxygens (including phenoxy) is 1. The Morgan fingerprint density at radius 1 is 1.02 bits per heavy atom. The van der Waals surface area contributed by atoms with Crippen molar-refractivity contribution in [3.05, 3.63) is 88.5 Å². The summed E-state index contributed by atoms with van der Waals surface area (Å²) in [7, 11) is 1.58. The van der Waals surface area contributed by atoms with E-state index >= 15 is 0 Å². The lowest BCUT2D eigenvalue weighted by Crippen LogP contribution is -2.48. The number of thioether (sulfide) groups is 1. The highest BCUT2D eigenvalue weighted by molar-refractivity contribution is 7.99. The average molecular weight is 575 g/mol. The van der Waals surface area contributed by atoms with E-state index in [1.165, 1.54) is 24.3 Å². The molecule has 1 aliphatic heterocycles. The molecular formula is C28H26N6O6S. The fourth-order valence-corrected chi connectivity index (χ4v) is 4.86. The van der Waals surface area contributed by atoms with Crippen LogP contribution in [0.3, 0.4) is 0 Å². The molecule has 1 fully saturated rings. The third-order valence-corrected chi connectivity index (χ3v) is 7.28. The zero-order valence-corrected chi connectivity index (χ0v) is 22.9. The molecule has 12 nitrogen and oxygen atoms in total. The molecule has 13 heteroatoms. The van der Waals surface area contributed by atoms with Crippen LogP contribution < -0.4 is 15.0 Å². The van der Waals surface area contributed by atoms with Crippen molar-refractivity contribution >= 4 is 40.6 Å². The number of rotatable bonds is 9. The Hall–Kier alpha value is -4.91. The minimum absolute atomic E-state index is 0.0115. The number of nitrogens with zero attached hydrogens (tertiary/aromatic N) is 5. The van der Waals surface area contributed by atoms with Crippen molar-refractivity contribution < 1.29 is 23.7 Å². The first-order valence-corrected chi connectivity index (χ1v) is 13.7. The average Bonchev–Trinajstić information content (AvgIpc) is 3.49. The number of piperazine rings is 1. The van der Waals surface area contributed by atoms with Crippen LogP contribution in [0.4, 0.5) is 17.1 Å². The van der Waals surface area contributed by atoms with E-state index < -0.39 is 4.92 Å². The predicted molar refractivity (Wildman–Crippen MR) is 153 cm³/mol. The molecule has 4 aromatic rings. The molecule has 3 aromatic carbocycles. The first-order valence-electron chi connectivity index (χ1n) is 12.7. The Balaban J connectivity index is 1.08. The summed E-state index contributed by atoms with van der Waals surface area (Å²) in [5.74, 6) is 0.685. The molecule has 0 atom stereocenters. The standard InChI is InChI=1S/C28H26N6O6S/c1-39-24-4-2-3-20(17-24)27(36)33-15-13-32(14-16-33)22-11-7-21(8-12-22)29-25(35)18-41-28-31-30-26(40-28)19-5-9-23(10-6-19)34(37)38/h2-12,17H,13-16,18H2,1H3,(H,29,35). The van der Waals surface area contributed by atoms with Crippen LogP contribution in [-0.2, 0) is 4.79 Å². The predicted octanol–water partition coefficient (Wildman–Crippen LogP) is 4.35. The number of carbonyl (C=O) groups excluding carboxylic acids is 2. The van der Waals surface area contributed by atoms with Gasteiger partial charge in [-0.2, -0.15) is 0 Å². The van der Waals surface area contributed by atoms with Gasteiger partial charge in [0.05, 0.1) is 17.8 Å². The van der Waals surface area contributed by atoms with E-state index in [1.54, 1.807) is 19.2 Å². The first-order chi connectivity index (χ1) is 19.9. The second-order valence-electron chi connectivity index (χ2n) is 9.07. The molecule has 5 rings (SSSR count). The third-order valence-electron chi connectivity index (χ3n) is 6.46. The van der Waals surface area contributed by atoms with Gasteiger partial charge in [-0.05, 0) is 54.6 Å². The molecular weight excluding hydrogens is 548 g/mol. The normalized spacial score (nSPS) is 13.1. The van der Waals surface area contributed by atoms with Gasteiger partial charge in [-0.15, -0.1) is 10.2 Å². The van der Waals surface area contributed by atoms with Crippen molar-refractivity contribution in [2.45, 2.75) is 5.22 Å². The minimum Gasteiger partial charge on any atom is -0.497 e. The molecule has 0 spiro atoms. The van der Waals surface area contributed by atoms with Gasteiger partial charge in [0.25, 0.3) is 16.8 Å². The van der Waals surface area contributed by atoms with Gasteiger partial charge in [0.15, 0.2) is 0 Å². The number of benzene rings is 3. The van der Waals surface area contributed by atoms with Crippen molar-refractivity contribution in [2.24, 2.45) is 0 Å². The fraction of sp³-hybridized carbons (Fsp3) is 0.214. The number of hydrogen-bond donors (Lipinski definition) is 1. The maximum atomic E-state index is 12.9. The summed E-state index contributed by atoms with van der Waals surface area (Å²) in [6.07, 6.45) is 0. The second-order valence-corrected chi connectivity index (χ2v) is 10.00. The van der Waals surface area contributed by atoms with Crippen LogP contribution in [0.5, 0.6) is 5.75 Å². The van der Waals surface area contributed by atoms with Gasteiger partial charge >= 0.3 is 0 Å². The van der Waals surface area contributed by atoms with Crippen molar-refractivity contribution in [1.82, 2.24) is 15.1 Å². The molecule has 1 saturated heterocycles. The highest BCUT2D eigenvalue weighted by Gasteiger charge is 2.23. The molecule has 2 amide bonds. The van der Waals surface area contributed by atoms with Crippen LogP contribution in [0, 0.1) is 10.1 Å². The van der Waals surface area contributed by atoms with Gasteiger partial charge in [0, 0.05) is 60.8 Å². The number of carbonyl (C=O) groups is 2. The van der Waals surface area contributed by atoms with E-state index in [-0.39, 0.29) is 34.4 Å². The van der Waals surface area contributed by atoms with Gasteiger partial charge in [-0.1, -0.05) is 17.8 Å². The number of hydrogen-bond acceptors (Lipinski definition) is 10. The monoisotopic (exact) mass is 574 g/mol. The molecule has 41 heavy (non-hydrogen) atoms. The van der Waals surface area contributed by atoms with Crippen molar-refractivity contribution in [3.63, 3.8) is 0 Å². The fourth-order valence-electron chi connectivity index (χ4n) is 4.30. The van der Waals surface area contributed by atoms with Gasteiger partial charge < -0.3 is 24.3 Å². The highest BCUT2D eigenvalue weighted by Crippen LogP contribution is 2.26. The van der Waals surface area contributed by atoms with E-state index in [9.17, 15) is 19.7 Å².